The number of carbonyl (C=O) groups excluding carboxylic acids is 2. The summed E-state index contributed by atoms with van der Waals surface area (Å²) in [6, 6.07) is 0. The first-order valence-electron chi connectivity index (χ1n) is 28.4. The minimum Gasteiger partial charge on any atom is -0.726 e. The number of ketones is 1. The molecule has 10 N–H and O–H groups in total. The van der Waals surface area contributed by atoms with Crippen LogP contribution in [0.25, 0.3) is 0 Å². The van der Waals surface area contributed by atoms with E-state index in [2.05, 4.69) is 18.0 Å². The summed E-state index contributed by atoms with van der Waals surface area (Å²) in [6.45, 7) is 13.2. The molecule has 0 radical (unpaired) electrons. The molecule has 0 aromatic carbocycles. The third-order valence-electron chi connectivity index (χ3n) is 20.5. The van der Waals surface area contributed by atoms with Gasteiger partial charge in [-0.15, -0.1) is 0 Å². The summed E-state index contributed by atoms with van der Waals surface area (Å²) in [7, 11) is -4.26. The summed E-state index contributed by atoms with van der Waals surface area (Å²) < 4.78 is 99.6. The Hall–Kier alpha value is -1.01. The maximum absolute atomic E-state index is 14.4. The molecule has 28 atom stereocenters. The molecule has 9 aliphatic rings. The van der Waals surface area contributed by atoms with Crippen LogP contribution in [0.1, 0.15) is 107 Å². The van der Waals surface area contributed by atoms with Gasteiger partial charge in [-0.2, -0.15) is 0 Å². The zero-order valence-corrected chi connectivity index (χ0v) is 51.0. The van der Waals surface area contributed by atoms with Gasteiger partial charge in [-0.3, -0.25) is 13.8 Å². The van der Waals surface area contributed by atoms with E-state index in [0.29, 0.717) is 44.9 Å². The molecule has 0 aromatic heterocycles. The van der Waals surface area contributed by atoms with E-state index in [0.717, 1.165) is 5.57 Å². The first-order chi connectivity index (χ1) is 37.9. The fourth-order valence-electron chi connectivity index (χ4n) is 16.2. The van der Waals surface area contributed by atoms with Crippen LogP contribution in [0.5, 0.6) is 0 Å². The third kappa shape index (κ3) is 11.2. The van der Waals surface area contributed by atoms with Gasteiger partial charge in [0.05, 0.1) is 38.1 Å². The van der Waals surface area contributed by atoms with E-state index in [1.165, 1.54) is 14.0 Å². The molecule has 0 aromatic rings. The summed E-state index contributed by atoms with van der Waals surface area (Å²) in [5.41, 5.74) is -3.59. The van der Waals surface area contributed by atoms with Crippen LogP contribution in [0.2, 0.25) is 0 Å². The average Bonchev–Trinajstić information content (AvgIpc) is 1.45. The second kappa shape index (κ2) is 24.8. The molecule has 82 heavy (non-hydrogen) atoms. The minimum atomic E-state index is -5.44. The zero-order chi connectivity index (χ0) is 59.4. The van der Waals surface area contributed by atoms with Crippen LogP contribution in [0, 0.1) is 45.3 Å². The van der Waals surface area contributed by atoms with Crippen molar-refractivity contribution in [1.29, 1.82) is 0 Å². The van der Waals surface area contributed by atoms with Crippen LogP contribution in [-0.4, -0.2) is 237 Å². The molecule has 0 unspecified atom stereocenters. The number of rotatable bonds is 17. The largest absolute Gasteiger partial charge is 1.00 e. The Labute approximate surface area is 499 Å². The van der Waals surface area contributed by atoms with Crippen molar-refractivity contribution in [3.8, 4) is 0 Å². The molecular weight excluding hydrogens is 1120 g/mol. The molecule has 5 heterocycles. The van der Waals surface area contributed by atoms with Gasteiger partial charge in [-0.05, 0) is 92.8 Å². The van der Waals surface area contributed by atoms with E-state index < -0.39 is 198 Å². The van der Waals surface area contributed by atoms with Gasteiger partial charge >= 0.3 is 35.5 Å². The second-order valence-corrected chi connectivity index (χ2v) is 26.7. The summed E-state index contributed by atoms with van der Waals surface area (Å²) >= 11 is 0. The van der Waals surface area contributed by atoms with E-state index in [1.54, 1.807) is 6.92 Å². The number of cyclic esters (lactones) is 1. The Morgan fingerprint density at radius 3 is 1.90 bits per heavy atom. The molecule has 3 saturated carbocycles. The van der Waals surface area contributed by atoms with Crippen molar-refractivity contribution in [1.82, 2.24) is 0 Å². The van der Waals surface area contributed by atoms with Crippen molar-refractivity contribution in [3.63, 3.8) is 0 Å². The van der Waals surface area contributed by atoms with Gasteiger partial charge in [0, 0.05) is 19.4 Å². The molecule has 26 nitrogen and oxygen atoms in total. The molecule has 28 heteroatoms. The quantitative estimate of drug-likeness (QED) is 0.0163. The van der Waals surface area contributed by atoms with Crippen molar-refractivity contribution < 1.29 is 155 Å². The Balaban J connectivity index is 0.00000880. The molecule has 8 fully saturated rings. The number of Topliss-reactive ketones (excluding diaryl/α,β-unsaturated/α-hetero) is 1. The molecule has 5 aliphatic heterocycles. The first-order valence-corrected chi connectivity index (χ1v) is 29.7. The molecule has 5 saturated heterocycles. The number of fused-ring (bicyclic) bond motifs is 4. The number of hydrogen-bond acceptors (Lipinski definition) is 26. The number of hydrogen-bond donors (Lipinski definition) is 10. The average molecular weight is 1210 g/mol. The molecule has 0 amide bonds. The normalized spacial score (nSPS) is 50.1. The van der Waals surface area contributed by atoms with Gasteiger partial charge in [0.25, 0.3) is 0 Å². The van der Waals surface area contributed by atoms with Gasteiger partial charge in [-0.25, -0.2) is 8.42 Å². The molecular formula is C54H85NaO26S. The van der Waals surface area contributed by atoms with E-state index in [1.807, 2.05) is 33.8 Å². The number of esters is 1. The predicted octanol–water partition coefficient (Wildman–Crippen LogP) is -4.67. The van der Waals surface area contributed by atoms with E-state index >= 15 is 0 Å². The van der Waals surface area contributed by atoms with Gasteiger partial charge in [0.2, 0.25) is 10.4 Å². The Bertz CT molecular complexity index is 2420. The summed E-state index contributed by atoms with van der Waals surface area (Å²) in [5.74, 6) is -1.12. The summed E-state index contributed by atoms with van der Waals surface area (Å²) in [4.78, 5) is 28.4. The van der Waals surface area contributed by atoms with Crippen molar-refractivity contribution in [2.45, 2.75) is 241 Å². The molecule has 464 valence electrons. The SMILES string of the molecule is CO[C@@H]1[C@@H](O)[C@H](O[C@@H]2[C@@H](O)[C@H](O[C@H]3[C@H](O)[C@@H](O)[C@H](O[C@H]4[C@H](O[C@H]5CC[C@]6(C)C7=C[C@H](O)[C@@]89C(=O)O[C@@](C)(C(=O)CCC(C)C)[C@H]8CC[C@@]9(C)[C@@H]7CC[C@H]6C5(C)C)OC[C@@H](OS(=O)(=O)[O-])[C@@H]4O)O[C@@H]3C)O[C@H](CO)[C@H]2O)O[C@H](CO)[C@H]1O.[Na+]. The van der Waals surface area contributed by atoms with E-state index in [9.17, 15) is 73.6 Å². The maximum atomic E-state index is 14.4. The summed E-state index contributed by atoms with van der Waals surface area (Å²) in [5, 5.41) is 112. The molecule has 9 rings (SSSR count). The fraction of sp³-hybridized carbons (Fsp3) is 0.926. The monoisotopic (exact) mass is 1200 g/mol. The van der Waals surface area contributed by atoms with Crippen LogP contribution in [0.4, 0.5) is 0 Å². The number of allylic oxidation sites excluding steroid dienone is 1. The number of methoxy groups -OCH3 is 1. The first kappa shape index (κ1) is 66.9. The van der Waals surface area contributed by atoms with Crippen LogP contribution in [-0.2, 0) is 71.5 Å². The van der Waals surface area contributed by atoms with Crippen LogP contribution in [0.3, 0.4) is 0 Å². The van der Waals surface area contributed by atoms with Gasteiger partial charge in [0.1, 0.15) is 90.9 Å². The molecule has 0 bridgehead atoms. The van der Waals surface area contributed by atoms with Crippen LogP contribution >= 0.6 is 0 Å². The fourth-order valence-corrected chi connectivity index (χ4v) is 16.6. The summed E-state index contributed by atoms with van der Waals surface area (Å²) in [6.07, 6.45) is -28.2. The van der Waals surface area contributed by atoms with Crippen molar-refractivity contribution in [2.75, 3.05) is 26.9 Å². The zero-order valence-electron chi connectivity index (χ0n) is 48.2. The van der Waals surface area contributed by atoms with Gasteiger partial charge in [0.15, 0.2) is 36.5 Å². The number of aliphatic hydroxyl groups is 10. The number of carbonyl (C=O) groups is 2. The standard InChI is InChI=1S/C54H86O26S.Na/c1-22(2)10-13-31(57)53(8)30-14-17-52(7)24-11-12-29-50(4,5)33(15-16-51(29,6)25(24)18-32(58)54(30,52)49(66)79-53)75-48-44(36(61)28(21-71-48)80-81(67,68)69)78-45-38(63)37(62)41(23(3)72-45)76-47-40(65)43(35(60)27(20-56)74-47)77-46-39(64)42(70-9)34(59)26(19-55)73-46;/h18,22-24,26-30,32-48,55-56,58-65H,10-17,19-21H2,1-9H3,(H,67,68,69);/q;+1/p-1/t23-,24-,26-,27-,28-,29+,30-,32+,33+,34-,35-,36+,37-,38-,39-,40-,41-,42+,43+,44-,45+,46+,47+,48+,51-,52+,53-,54-;/m1./s1. The van der Waals surface area contributed by atoms with Crippen molar-refractivity contribution >= 4 is 22.2 Å². The maximum Gasteiger partial charge on any atom is 1.00 e. The smallest absolute Gasteiger partial charge is 0.726 e. The minimum absolute atomic E-state index is 0. The second-order valence-electron chi connectivity index (χ2n) is 25.7. The van der Waals surface area contributed by atoms with Crippen molar-refractivity contribution in [2.24, 2.45) is 45.3 Å². The van der Waals surface area contributed by atoms with E-state index in [-0.39, 0.29) is 59.5 Å². The molecule has 4 aliphatic carbocycles. The van der Waals surface area contributed by atoms with Crippen LogP contribution in [0.15, 0.2) is 11.6 Å². The van der Waals surface area contributed by atoms with Gasteiger partial charge < -0.3 is 103 Å². The van der Waals surface area contributed by atoms with E-state index in [4.69, 9.17) is 47.4 Å². The topological polar surface area (TPSA) is 395 Å². The Morgan fingerprint density at radius 1 is 0.720 bits per heavy atom. The van der Waals surface area contributed by atoms with Crippen molar-refractivity contribution in [3.05, 3.63) is 11.6 Å². The Kier molecular flexibility index (Phi) is 20.2. The third-order valence-corrected chi connectivity index (χ3v) is 21.0. The number of ether oxygens (including phenoxy) is 10. The van der Waals surface area contributed by atoms with Crippen LogP contribution < -0.4 is 29.6 Å². The molecule has 1 spiro atoms. The number of aliphatic hydroxyl groups excluding tert-OH is 10. The Morgan fingerprint density at radius 2 is 1.30 bits per heavy atom. The van der Waals surface area contributed by atoms with Gasteiger partial charge in [-0.1, -0.05) is 53.2 Å². The predicted molar refractivity (Wildman–Crippen MR) is 271 cm³/mol.